The number of carbonyl (C=O) groups excluding carboxylic acids is 2. The van der Waals surface area contributed by atoms with E-state index in [2.05, 4.69) is 12.2 Å². The van der Waals surface area contributed by atoms with E-state index in [-0.39, 0.29) is 11.9 Å². The van der Waals surface area contributed by atoms with Gasteiger partial charge in [0.05, 0.1) is 12.2 Å². The number of fused-ring (bicyclic) bond motifs is 1. The van der Waals surface area contributed by atoms with Gasteiger partial charge < -0.3 is 10.1 Å². The molecule has 0 spiro atoms. The molecule has 21 heavy (non-hydrogen) atoms. The van der Waals surface area contributed by atoms with Crippen molar-refractivity contribution in [3.05, 3.63) is 16.0 Å². The molecule has 1 aromatic rings. The van der Waals surface area contributed by atoms with Gasteiger partial charge in [-0.3, -0.25) is 4.79 Å². The van der Waals surface area contributed by atoms with E-state index in [9.17, 15) is 9.59 Å². The Morgan fingerprint density at radius 3 is 2.86 bits per heavy atom. The largest absolute Gasteiger partial charge is 0.462 e. The first-order valence-electron chi connectivity index (χ1n) is 7.20. The summed E-state index contributed by atoms with van der Waals surface area (Å²) < 4.78 is 5.15. The van der Waals surface area contributed by atoms with Gasteiger partial charge >= 0.3 is 5.97 Å². The fraction of sp³-hybridized carbons (Fsp3) is 0.600. The molecular weight excluding hydrogens is 310 g/mol. The maximum atomic E-state index is 12.2. The average Bonchev–Trinajstić information content (AvgIpc) is 2.75. The van der Waals surface area contributed by atoms with E-state index < -0.39 is 5.38 Å². The Hall–Kier alpha value is -1.07. The Morgan fingerprint density at radius 1 is 1.52 bits per heavy atom. The third kappa shape index (κ3) is 3.58. The number of hydrogen-bond acceptors (Lipinski definition) is 4. The van der Waals surface area contributed by atoms with Crippen LogP contribution in [-0.2, 0) is 22.4 Å². The van der Waals surface area contributed by atoms with Crippen LogP contribution in [0.25, 0.3) is 0 Å². The third-order valence-corrected chi connectivity index (χ3v) is 4.96. The Bertz CT molecular complexity index is 553. The first-order valence-corrected chi connectivity index (χ1v) is 8.45. The number of nitrogens with one attached hydrogen (secondary N) is 1. The van der Waals surface area contributed by atoms with E-state index in [1.807, 2.05) is 0 Å². The minimum atomic E-state index is -0.641. The fourth-order valence-corrected chi connectivity index (χ4v) is 3.93. The molecule has 1 aliphatic rings. The number of hydrogen-bond donors (Lipinski definition) is 1. The molecule has 2 rings (SSSR count). The van der Waals surface area contributed by atoms with Crippen LogP contribution >= 0.6 is 22.9 Å². The van der Waals surface area contributed by atoms with Crippen LogP contribution in [0, 0.1) is 5.92 Å². The number of carbonyl (C=O) groups is 2. The molecule has 2 unspecified atom stereocenters. The lowest BCUT2D eigenvalue weighted by Gasteiger charge is -2.18. The molecule has 1 N–H and O–H groups in total. The molecule has 0 fully saturated rings. The molecule has 2 atom stereocenters. The van der Waals surface area contributed by atoms with Gasteiger partial charge in [-0.25, -0.2) is 4.79 Å². The number of thiophene rings is 1. The maximum Gasteiger partial charge on any atom is 0.341 e. The van der Waals surface area contributed by atoms with Crippen LogP contribution < -0.4 is 5.32 Å². The standard InChI is InChI=1S/C15H20ClNO3S/c1-4-20-15(19)12-10-6-5-8(2)7-11(10)21-14(12)17-13(18)9(3)16/h8-9H,4-7H2,1-3H3,(H,17,18). The molecule has 1 amide bonds. The zero-order chi connectivity index (χ0) is 15.6. The van der Waals surface area contributed by atoms with E-state index in [0.29, 0.717) is 23.1 Å². The number of amides is 1. The number of esters is 1. The van der Waals surface area contributed by atoms with Gasteiger partial charge in [-0.1, -0.05) is 6.92 Å². The second-order valence-corrected chi connectivity index (χ2v) is 7.14. The summed E-state index contributed by atoms with van der Waals surface area (Å²) in [5.41, 5.74) is 1.56. The van der Waals surface area contributed by atoms with Gasteiger partial charge in [0, 0.05) is 4.88 Å². The summed E-state index contributed by atoms with van der Waals surface area (Å²) >= 11 is 7.27. The third-order valence-electron chi connectivity index (χ3n) is 3.59. The van der Waals surface area contributed by atoms with Gasteiger partial charge in [0.15, 0.2) is 0 Å². The van der Waals surface area contributed by atoms with E-state index in [4.69, 9.17) is 16.3 Å². The summed E-state index contributed by atoms with van der Waals surface area (Å²) in [6.45, 7) is 5.90. The van der Waals surface area contributed by atoms with Gasteiger partial charge in [0.1, 0.15) is 10.4 Å². The van der Waals surface area contributed by atoms with Gasteiger partial charge in [0.2, 0.25) is 5.91 Å². The van der Waals surface area contributed by atoms with Crippen molar-refractivity contribution in [2.45, 2.75) is 45.4 Å². The van der Waals surface area contributed by atoms with E-state index in [0.717, 1.165) is 24.8 Å². The number of anilines is 1. The van der Waals surface area contributed by atoms with Crippen molar-refractivity contribution in [2.24, 2.45) is 5.92 Å². The molecule has 0 bridgehead atoms. The molecule has 1 aromatic heterocycles. The predicted molar refractivity (Wildman–Crippen MR) is 85.4 cm³/mol. The molecule has 1 aliphatic carbocycles. The summed E-state index contributed by atoms with van der Waals surface area (Å²) in [5.74, 6) is -0.0577. The Kier molecular flexibility index (Phi) is 5.27. The zero-order valence-electron chi connectivity index (χ0n) is 12.5. The highest BCUT2D eigenvalue weighted by atomic mass is 35.5. The second kappa shape index (κ2) is 6.79. The van der Waals surface area contributed by atoms with E-state index in [1.165, 1.54) is 16.2 Å². The summed E-state index contributed by atoms with van der Waals surface area (Å²) in [4.78, 5) is 25.2. The molecule has 0 aromatic carbocycles. The highest BCUT2D eigenvalue weighted by molar-refractivity contribution is 7.17. The fourth-order valence-electron chi connectivity index (χ4n) is 2.47. The quantitative estimate of drug-likeness (QED) is 0.678. The van der Waals surface area contributed by atoms with E-state index in [1.54, 1.807) is 13.8 Å². The van der Waals surface area contributed by atoms with Gasteiger partial charge in [-0.2, -0.15) is 0 Å². The Labute approximate surface area is 133 Å². The summed E-state index contributed by atoms with van der Waals surface area (Å²) in [5, 5.41) is 2.70. The van der Waals surface area contributed by atoms with Crippen molar-refractivity contribution in [1.29, 1.82) is 0 Å². The topological polar surface area (TPSA) is 55.4 Å². The molecule has 1 heterocycles. The predicted octanol–water partition coefficient (Wildman–Crippen LogP) is 3.62. The molecular formula is C15H20ClNO3S. The molecule has 0 radical (unpaired) electrons. The van der Waals surface area contributed by atoms with Crippen molar-refractivity contribution >= 4 is 39.8 Å². The molecule has 0 aliphatic heterocycles. The van der Waals surface area contributed by atoms with Crippen LogP contribution in [0.1, 0.15) is 48.0 Å². The minimum absolute atomic E-state index is 0.297. The SMILES string of the molecule is CCOC(=O)c1c(NC(=O)C(C)Cl)sc2c1CCC(C)C2. The highest BCUT2D eigenvalue weighted by Gasteiger charge is 2.29. The first kappa shape index (κ1) is 16.3. The van der Waals surface area contributed by atoms with Gasteiger partial charge in [-0.05, 0) is 44.6 Å². The second-order valence-electron chi connectivity index (χ2n) is 5.38. The van der Waals surface area contributed by atoms with Crippen molar-refractivity contribution < 1.29 is 14.3 Å². The molecule has 6 heteroatoms. The van der Waals surface area contributed by atoms with E-state index >= 15 is 0 Å². The van der Waals surface area contributed by atoms with Crippen LogP contribution in [0.2, 0.25) is 0 Å². The lowest BCUT2D eigenvalue weighted by atomic mass is 9.88. The number of ether oxygens (including phenoxy) is 1. The van der Waals surface area contributed by atoms with Crippen LogP contribution in [0.5, 0.6) is 0 Å². The lowest BCUT2D eigenvalue weighted by Crippen LogP contribution is -2.21. The first-order chi connectivity index (χ1) is 9.93. The van der Waals surface area contributed by atoms with Crippen LogP contribution in [0.3, 0.4) is 0 Å². The summed E-state index contributed by atoms with van der Waals surface area (Å²) in [6, 6.07) is 0. The molecule has 0 saturated heterocycles. The monoisotopic (exact) mass is 329 g/mol. The van der Waals surface area contributed by atoms with Crippen LogP contribution in [0.15, 0.2) is 0 Å². The molecule has 4 nitrogen and oxygen atoms in total. The Morgan fingerprint density at radius 2 is 2.24 bits per heavy atom. The highest BCUT2D eigenvalue weighted by Crippen LogP contribution is 2.40. The van der Waals surface area contributed by atoms with Gasteiger partial charge in [0.25, 0.3) is 0 Å². The average molecular weight is 330 g/mol. The number of alkyl halides is 1. The van der Waals surface area contributed by atoms with Crippen LogP contribution in [0.4, 0.5) is 5.00 Å². The van der Waals surface area contributed by atoms with Crippen molar-refractivity contribution in [3.8, 4) is 0 Å². The zero-order valence-corrected chi connectivity index (χ0v) is 14.1. The molecule has 116 valence electrons. The number of rotatable bonds is 4. The lowest BCUT2D eigenvalue weighted by molar-refractivity contribution is -0.115. The maximum absolute atomic E-state index is 12.2. The Balaban J connectivity index is 2.38. The van der Waals surface area contributed by atoms with Gasteiger partial charge in [-0.15, -0.1) is 22.9 Å². The molecule has 0 saturated carbocycles. The normalized spacial score (nSPS) is 18.8. The van der Waals surface area contributed by atoms with Crippen molar-refractivity contribution in [2.75, 3.05) is 11.9 Å². The van der Waals surface area contributed by atoms with Crippen molar-refractivity contribution in [3.63, 3.8) is 0 Å². The summed E-state index contributed by atoms with van der Waals surface area (Å²) in [6.07, 6.45) is 2.85. The minimum Gasteiger partial charge on any atom is -0.462 e. The van der Waals surface area contributed by atoms with Crippen LogP contribution in [-0.4, -0.2) is 23.9 Å². The van der Waals surface area contributed by atoms with Crippen molar-refractivity contribution in [1.82, 2.24) is 0 Å². The smallest absolute Gasteiger partial charge is 0.341 e. The number of halogens is 1. The summed E-state index contributed by atoms with van der Waals surface area (Å²) in [7, 11) is 0.